The van der Waals surface area contributed by atoms with Crippen LogP contribution in [0.1, 0.15) is 34.4 Å². The summed E-state index contributed by atoms with van der Waals surface area (Å²) in [6.45, 7) is 5.37. The van der Waals surface area contributed by atoms with Gasteiger partial charge in [0.1, 0.15) is 17.1 Å². The van der Waals surface area contributed by atoms with E-state index in [2.05, 4.69) is 5.32 Å². The predicted molar refractivity (Wildman–Crippen MR) is 81.3 cm³/mol. The summed E-state index contributed by atoms with van der Waals surface area (Å²) >= 11 is 0. The molecule has 5 nitrogen and oxygen atoms in total. The third kappa shape index (κ3) is 3.97. The minimum absolute atomic E-state index is 0.338. The molecule has 0 aliphatic carbocycles. The number of hydrogen-bond donors (Lipinski definition) is 1. The van der Waals surface area contributed by atoms with Crippen molar-refractivity contribution in [2.75, 3.05) is 0 Å². The fraction of sp³-hybridized carbons (Fsp3) is 0.294. The van der Waals surface area contributed by atoms with E-state index in [4.69, 9.17) is 9.15 Å². The summed E-state index contributed by atoms with van der Waals surface area (Å²) < 4.78 is 10.5. The molecule has 1 N–H and O–H groups in total. The van der Waals surface area contributed by atoms with Crippen LogP contribution in [0, 0.1) is 13.8 Å². The van der Waals surface area contributed by atoms with Crippen molar-refractivity contribution < 1.29 is 18.7 Å². The molecule has 0 spiro atoms. The lowest BCUT2D eigenvalue weighted by atomic mass is 10.2. The molecule has 1 heterocycles. The maximum atomic E-state index is 12.0. The number of hydrogen-bond acceptors (Lipinski definition) is 4. The molecule has 1 aromatic heterocycles. The van der Waals surface area contributed by atoms with E-state index in [-0.39, 0.29) is 5.91 Å². The number of carbonyl (C=O) groups is 2. The number of ether oxygens (including phenoxy) is 1. The van der Waals surface area contributed by atoms with Crippen LogP contribution in [0.25, 0.3) is 0 Å². The minimum Gasteiger partial charge on any atom is -0.466 e. The van der Waals surface area contributed by atoms with E-state index < -0.39 is 12.1 Å². The molecule has 0 saturated carbocycles. The Morgan fingerprint density at radius 1 is 1.23 bits per heavy atom. The molecule has 2 aromatic rings. The maximum absolute atomic E-state index is 12.0. The monoisotopic (exact) mass is 301 g/mol. The van der Waals surface area contributed by atoms with E-state index in [0.717, 1.165) is 5.56 Å². The van der Waals surface area contributed by atoms with Gasteiger partial charge in [-0.2, -0.15) is 0 Å². The summed E-state index contributed by atoms with van der Waals surface area (Å²) in [7, 11) is 0. The topological polar surface area (TPSA) is 68.5 Å². The van der Waals surface area contributed by atoms with Gasteiger partial charge in [-0.05, 0) is 32.4 Å². The van der Waals surface area contributed by atoms with E-state index in [1.807, 2.05) is 30.3 Å². The van der Waals surface area contributed by atoms with Crippen molar-refractivity contribution in [3.05, 3.63) is 59.0 Å². The smallest absolute Gasteiger partial charge is 0.342 e. The van der Waals surface area contributed by atoms with Crippen LogP contribution < -0.4 is 5.32 Å². The Morgan fingerprint density at radius 3 is 2.50 bits per heavy atom. The number of nitrogens with one attached hydrogen (secondary N) is 1. The lowest BCUT2D eigenvalue weighted by Crippen LogP contribution is -2.35. The highest BCUT2D eigenvalue weighted by molar-refractivity contribution is 5.93. The molecule has 2 rings (SSSR count). The molecule has 1 amide bonds. The second-order valence-corrected chi connectivity index (χ2v) is 5.08. The van der Waals surface area contributed by atoms with Gasteiger partial charge in [-0.15, -0.1) is 0 Å². The summed E-state index contributed by atoms with van der Waals surface area (Å²) in [6, 6.07) is 11.1. The molecule has 0 radical (unpaired) electrons. The Labute approximate surface area is 129 Å². The largest absolute Gasteiger partial charge is 0.466 e. The van der Waals surface area contributed by atoms with Crippen LogP contribution in [-0.4, -0.2) is 18.0 Å². The number of aryl methyl sites for hydroxylation is 2. The van der Waals surface area contributed by atoms with Gasteiger partial charge in [0, 0.05) is 6.54 Å². The standard InChI is InChI=1S/C17H19NO4/c1-11-9-15(12(2)21-11)17(20)22-13(3)16(19)18-10-14-7-5-4-6-8-14/h4-9,13H,10H2,1-3H3,(H,18,19)/t13-/m1/s1. The zero-order valence-corrected chi connectivity index (χ0v) is 12.9. The van der Waals surface area contributed by atoms with Gasteiger partial charge in [-0.25, -0.2) is 4.79 Å². The maximum Gasteiger partial charge on any atom is 0.342 e. The van der Waals surface area contributed by atoms with Crippen LogP contribution >= 0.6 is 0 Å². The van der Waals surface area contributed by atoms with Crippen LogP contribution in [0.5, 0.6) is 0 Å². The molecule has 0 fully saturated rings. The van der Waals surface area contributed by atoms with Crippen LogP contribution in [0.4, 0.5) is 0 Å². The van der Waals surface area contributed by atoms with E-state index in [1.54, 1.807) is 26.8 Å². The first-order valence-electron chi connectivity index (χ1n) is 7.07. The summed E-state index contributed by atoms with van der Waals surface area (Å²) in [6.07, 6.45) is -0.870. The number of amides is 1. The van der Waals surface area contributed by atoms with Gasteiger partial charge in [0.2, 0.25) is 0 Å². The summed E-state index contributed by atoms with van der Waals surface area (Å²) in [5, 5.41) is 2.74. The van der Waals surface area contributed by atoms with Gasteiger partial charge < -0.3 is 14.5 Å². The molecule has 0 aliphatic heterocycles. The third-order valence-electron chi connectivity index (χ3n) is 3.22. The first-order chi connectivity index (χ1) is 10.5. The first-order valence-corrected chi connectivity index (χ1v) is 7.07. The molecular weight excluding hydrogens is 282 g/mol. The Morgan fingerprint density at radius 2 is 1.91 bits per heavy atom. The predicted octanol–water partition coefficient (Wildman–Crippen LogP) is 2.76. The normalized spacial score (nSPS) is 11.8. The van der Waals surface area contributed by atoms with E-state index in [1.165, 1.54) is 0 Å². The Kier molecular flexibility index (Phi) is 4.99. The zero-order chi connectivity index (χ0) is 16.1. The highest BCUT2D eigenvalue weighted by atomic mass is 16.5. The average Bonchev–Trinajstić information content (AvgIpc) is 2.84. The lowest BCUT2D eigenvalue weighted by Gasteiger charge is -2.13. The first kappa shape index (κ1) is 15.8. The fourth-order valence-electron chi connectivity index (χ4n) is 2.04. The molecule has 116 valence electrons. The molecule has 0 saturated heterocycles. The average molecular weight is 301 g/mol. The Bertz CT molecular complexity index is 661. The van der Waals surface area contributed by atoms with Gasteiger partial charge in [0.25, 0.3) is 5.91 Å². The van der Waals surface area contributed by atoms with Crippen molar-refractivity contribution in [3.8, 4) is 0 Å². The van der Waals surface area contributed by atoms with Crippen molar-refractivity contribution in [1.29, 1.82) is 0 Å². The SMILES string of the molecule is Cc1cc(C(=O)O[C@H](C)C(=O)NCc2ccccc2)c(C)o1. The molecule has 0 unspecified atom stereocenters. The number of furan rings is 1. The Balaban J connectivity index is 1.88. The zero-order valence-electron chi connectivity index (χ0n) is 12.9. The van der Waals surface area contributed by atoms with Crippen LogP contribution in [0.3, 0.4) is 0 Å². The molecule has 0 aliphatic rings. The number of benzene rings is 1. The number of rotatable bonds is 5. The van der Waals surface area contributed by atoms with E-state index >= 15 is 0 Å². The van der Waals surface area contributed by atoms with Gasteiger partial charge >= 0.3 is 5.97 Å². The van der Waals surface area contributed by atoms with Crippen molar-refractivity contribution >= 4 is 11.9 Å². The second-order valence-electron chi connectivity index (χ2n) is 5.08. The van der Waals surface area contributed by atoms with Crippen LogP contribution in [0.2, 0.25) is 0 Å². The van der Waals surface area contributed by atoms with E-state index in [9.17, 15) is 9.59 Å². The summed E-state index contributed by atoms with van der Waals surface area (Å²) in [5.74, 6) is 0.219. The quantitative estimate of drug-likeness (QED) is 0.862. The highest BCUT2D eigenvalue weighted by Gasteiger charge is 2.21. The third-order valence-corrected chi connectivity index (χ3v) is 3.22. The molecule has 22 heavy (non-hydrogen) atoms. The fourth-order valence-corrected chi connectivity index (χ4v) is 2.04. The summed E-state index contributed by atoms with van der Waals surface area (Å²) in [4.78, 5) is 24.0. The number of esters is 1. The van der Waals surface area contributed by atoms with Crippen molar-refractivity contribution in [3.63, 3.8) is 0 Å². The number of carbonyl (C=O) groups excluding carboxylic acids is 2. The lowest BCUT2D eigenvalue weighted by molar-refractivity contribution is -0.129. The highest BCUT2D eigenvalue weighted by Crippen LogP contribution is 2.15. The van der Waals surface area contributed by atoms with Gasteiger partial charge in [-0.3, -0.25) is 4.79 Å². The molecule has 1 atom stereocenters. The van der Waals surface area contributed by atoms with Gasteiger partial charge in [-0.1, -0.05) is 30.3 Å². The molecular formula is C17H19NO4. The van der Waals surface area contributed by atoms with Crippen molar-refractivity contribution in [1.82, 2.24) is 5.32 Å². The van der Waals surface area contributed by atoms with Gasteiger partial charge in [0.05, 0.1) is 0 Å². The van der Waals surface area contributed by atoms with Crippen molar-refractivity contribution in [2.24, 2.45) is 0 Å². The minimum atomic E-state index is -0.870. The molecule has 5 heteroatoms. The van der Waals surface area contributed by atoms with Gasteiger partial charge in [0.15, 0.2) is 6.10 Å². The summed E-state index contributed by atoms with van der Waals surface area (Å²) in [5.41, 5.74) is 1.33. The second kappa shape index (κ2) is 6.93. The van der Waals surface area contributed by atoms with E-state index in [0.29, 0.717) is 23.6 Å². The van der Waals surface area contributed by atoms with Crippen LogP contribution in [0.15, 0.2) is 40.8 Å². The van der Waals surface area contributed by atoms with Crippen molar-refractivity contribution in [2.45, 2.75) is 33.4 Å². The Hall–Kier alpha value is -2.56. The van der Waals surface area contributed by atoms with Crippen LogP contribution in [-0.2, 0) is 16.1 Å². The molecule has 1 aromatic carbocycles. The molecule has 0 bridgehead atoms.